The largest absolute Gasteiger partial charge is 0.292 e. The lowest BCUT2D eigenvalue weighted by molar-refractivity contribution is -0.684. The molecule has 2 heteroatoms. The first kappa shape index (κ1) is 16.4. The van der Waals surface area contributed by atoms with Crippen molar-refractivity contribution in [2.75, 3.05) is 0 Å². The Bertz CT molecular complexity index is 660. The number of Topliss-reactive ketones (excluding diaryl/α,β-unsaturated/α-hetero) is 1. The Morgan fingerprint density at radius 1 is 1.05 bits per heavy atom. The van der Waals surface area contributed by atoms with Crippen molar-refractivity contribution in [1.82, 2.24) is 0 Å². The van der Waals surface area contributed by atoms with Crippen molar-refractivity contribution >= 4 is 5.78 Å². The number of pyridine rings is 1. The van der Waals surface area contributed by atoms with E-state index in [1.807, 2.05) is 22.9 Å². The van der Waals surface area contributed by atoms with Crippen molar-refractivity contribution in [3.05, 3.63) is 65.0 Å². The van der Waals surface area contributed by atoms with Crippen LogP contribution < -0.4 is 4.57 Å². The summed E-state index contributed by atoms with van der Waals surface area (Å²) in [5.74, 6) is 0.244. The molecule has 116 valence electrons. The van der Waals surface area contributed by atoms with E-state index in [2.05, 4.69) is 59.0 Å². The zero-order valence-corrected chi connectivity index (χ0v) is 14.3. The Morgan fingerprint density at radius 2 is 1.68 bits per heavy atom. The summed E-state index contributed by atoms with van der Waals surface area (Å²) in [7, 11) is 0. The van der Waals surface area contributed by atoms with Gasteiger partial charge >= 0.3 is 0 Å². The molecule has 2 rings (SSSR count). The summed E-state index contributed by atoms with van der Waals surface area (Å²) in [5.41, 5.74) is 4.90. The molecular weight excluding hydrogens is 270 g/mol. The van der Waals surface area contributed by atoms with E-state index in [1.54, 1.807) is 0 Å². The van der Waals surface area contributed by atoms with Crippen molar-refractivity contribution in [2.45, 2.75) is 53.0 Å². The Labute approximate surface area is 133 Å². The number of aromatic nitrogens is 1. The van der Waals surface area contributed by atoms with Crippen LogP contribution in [0, 0.1) is 13.8 Å². The Hall–Kier alpha value is -1.96. The molecule has 2 nitrogen and oxygen atoms in total. The first-order chi connectivity index (χ1) is 10.3. The number of hydrogen-bond donors (Lipinski definition) is 0. The molecule has 0 aliphatic heterocycles. The van der Waals surface area contributed by atoms with E-state index < -0.39 is 0 Å². The quantitative estimate of drug-likeness (QED) is 0.788. The number of aryl methyl sites for hydroxylation is 2. The highest BCUT2D eigenvalue weighted by atomic mass is 16.1. The van der Waals surface area contributed by atoms with Crippen LogP contribution in [0.2, 0.25) is 0 Å². The van der Waals surface area contributed by atoms with E-state index in [1.165, 1.54) is 22.3 Å². The first-order valence-corrected chi connectivity index (χ1v) is 7.84. The lowest BCUT2D eigenvalue weighted by Gasteiger charge is -2.16. The number of nitrogens with zero attached hydrogens (tertiary/aromatic N) is 1. The number of benzene rings is 1. The number of ketones is 1. The van der Waals surface area contributed by atoms with Crippen molar-refractivity contribution in [1.29, 1.82) is 0 Å². The van der Waals surface area contributed by atoms with E-state index in [4.69, 9.17) is 0 Å². The van der Waals surface area contributed by atoms with Gasteiger partial charge in [0.05, 0.1) is 0 Å². The lowest BCUT2D eigenvalue weighted by atomic mass is 9.88. The molecule has 0 N–H and O–H groups in total. The van der Waals surface area contributed by atoms with Gasteiger partial charge in [0.1, 0.15) is 0 Å². The van der Waals surface area contributed by atoms with Gasteiger partial charge in [-0.3, -0.25) is 4.79 Å². The molecule has 0 spiro atoms. The zero-order valence-electron chi connectivity index (χ0n) is 14.3. The molecule has 0 atom stereocenters. The van der Waals surface area contributed by atoms with Crippen LogP contribution in [0.3, 0.4) is 0 Å². The molecule has 0 aliphatic carbocycles. The third-order valence-electron chi connectivity index (χ3n) is 4.10. The number of carbonyl (C=O) groups excluding carboxylic acids is 1. The minimum atomic E-state index is 0.0959. The number of hydrogen-bond acceptors (Lipinski definition) is 1. The van der Waals surface area contributed by atoms with Gasteiger partial charge in [-0.25, -0.2) is 0 Å². The van der Waals surface area contributed by atoms with Crippen molar-refractivity contribution in [3.63, 3.8) is 0 Å². The molecular formula is C20H26NO+. The Kier molecular flexibility index (Phi) is 4.80. The maximum absolute atomic E-state index is 12.4. The molecule has 1 heterocycles. The molecule has 2 aromatic rings. The third kappa shape index (κ3) is 4.03. The summed E-state index contributed by atoms with van der Waals surface area (Å²) in [5, 5.41) is 0. The maximum atomic E-state index is 12.4. The van der Waals surface area contributed by atoms with Crippen LogP contribution in [0.1, 0.15) is 43.0 Å². The highest BCUT2D eigenvalue weighted by Gasteiger charge is 2.19. The third-order valence-corrected chi connectivity index (χ3v) is 4.10. The smallest absolute Gasteiger partial charge is 0.206 e. The van der Waals surface area contributed by atoms with Gasteiger partial charge in [0.25, 0.3) is 0 Å². The fourth-order valence-corrected chi connectivity index (χ4v) is 2.65. The van der Waals surface area contributed by atoms with E-state index in [0.717, 1.165) is 0 Å². The molecule has 0 aliphatic rings. The standard InChI is InChI=1S/C20H26NO/c1-15-8-6-9-16(2)19(15)12-18(22)14-21-11-7-10-17(13-21)20(3,4)5/h6-11,13H,12,14H2,1-5H3/q+1. The molecule has 0 amide bonds. The molecule has 0 saturated heterocycles. The summed E-state index contributed by atoms with van der Waals surface area (Å²) in [6, 6.07) is 10.3. The molecule has 22 heavy (non-hydrogen) atoms. The van der Waals surface area contributed by atoms with Gasteiger partial charge in [-0.15, -0.1) is 0 Å². The molecule has 0 radical (unpaired) electrons. The van der Waals surface area contributed by atoms with Crippen molar-refractivity contribution < 1.29 is 9.36 Å². The van der Waals surface area contributed by atoms with Crippen LogP contribution in [0.25, 0.3) is 0 Å². The summed E-state index contributed by atoms with van der Waals surface area (Å²) < 4.78 is 2.00. The minimum absolute atomic E-state index is 0.0959. The van der Waals surface area contributed by atoms with Crippen LogP contribution in [0.4, 0.5) is 0 Å². The average molecular weight is 296 g/mol. The molecule has 1 aromatic heterocycles. The summed E-state index contributed by atoms with van der Waals surface area (Å²) in [4.78, 5) is 12.4. The highest BCUT2D eigenvalue weighted by Crippen LogP contribution is 2.20. The molecule has 0 bridgehead atoms. The predicted molar refractivity (Wildman–Crippen MR) is 90.0 cm³/mol. The number of carbonyl (C=O) groups is 1. The Morgan fingerprint density at radius 3 is 2.27 bits per heavy atom. The van der Waals surface area contributed by atoms with Gasteiger partial charge in [0.15, 0.2) is 12.4 Å². The second-order valence-corrected chi connectivity index (χ2v) is 7.10. The second kappa shape index (κ2) is 6.43. The minimum Gasteiger partial charge on any atom is -0.292 e. The maximum Gasteiger partial charge on any atom is 0.206 e. The van der Waals surface area contributed by atoms with Crippen LogP contribution in [0.15, 0.2) is 42.7 Å². The highest BCUT2D eigenvalue weighted by molar-refractivity contribution is 5.80. The fourth-order valence-electron chi connectivity index (χ4n) is 2.65. The summed E-state index contributed by atoms with van der Waals surface area (Å²) in [6.07, 6.45) is 4.56. The van der Waals surface area contributed by atoms with E-state index in [9.17, 15) is 4.79 Å². The van der Waals surface area contributed by atoms with E-state index in [-0.39, 0.29) is 11.2 Å². The monoisotopic (exact) mass is 296 g/mol. The van der Waals surface area contributed by atoms with Gasteiger partial charge in [-0.2, -0.15) is 4.57 Å². The van der Waals surface area contributed by atoms with Gasteiger partial charge in [-0.1, -0.05) is 39.0 Å². The van der Waals surface area contributed by atoms with Crippen LogP contribution >= 0.6 is 0 Å². The van der Waals surface area contributed by atoms with Crippen LogP contribution in [0.5, 0.6) is 0 Å². The predicted octanol–water partition coefficient (Wildman–Crippen LogP) is 3.70. The van der Waals surface area contributed by atoms with Crippen molar-refractivity contribution in [3.8, 4) is 0 Å². The number of rotatable bonds is 4. The second-order valence-electron chi connectivity index (χ2n) is 7.10. The van der Waals surface area contributed by atoms with Crippen molar-refractivity contribution in [2.24, 2.45) is 0 Å². The Balaban J connectivity index is 2.13. The molecule has 1 aromatic carbocycles. The van der Waals surface area contributed by atoms with Gasteiger partial charge in [0.2, 0.25) is 12.3 Å². The first-order valence-electron chi connectivity index (χ1n) is 7.84. The fraction of sp³-hybridized carbons (Fsp3) is 0.400. The summed E-state index contributed by atoms with van der Waals surface area (Å²) in [6.45, 7) is 11.1. The van der Waals surface area contributed by atoms with Crippen LogP contribution in [-0.4, -0.2) is 5.78 Å². The molecule has 0 unspecified atom stereocenters. The summed E-state index contributed by atoms with van der Waals surface area (Å²) >= 11 is 0. The van der Waals surface area contributed by atoms with Gasteiger partial charge in [0, 0.05) is 18.1 Å². The van der Waals surface area contributed by atoms with Gasteiger partial charge < -0.3 is 0 Å². The topological polar surface area (TPSA) is 20.9 Å². The zero-order chi connectivity index (χ0) is 16.3. The molecule has 0 fully saturated rings. The van der Waals surface area contributed by atoms with E-state index >= 15 is 0 Å². The average Bonchev–Trinajstić information content (AvgIpc) is 2.42. The van der Waals surface area contributed by atoms with Crippen LogP contribution in [-0.2, 0) is 23.2 Å². The van der Waals surface area contributed by atoms with Gasteiger partial charge in [-0.05, 0) is 42.0 Å². The lowest BCUT2D eigenvalue weighted by Crippen LogP contribution is -2.39. The van der Waals surface area contributed by atoms with E-state index in [0.29, 0.717) is 13.0 Å². The normalized spacial score (nSPS) is 11.5. The molecule has 0 saturated carbocycles. The SMILES string of the molecule is Cc1cccc(C)c1CC(=O)C[n+]1cccc(C(C)(C)C)c1.